The molecule has 204 valence electrons. The van der Waals surface area contributed by atoms with Gasteiger partial charge in [-0.1, -0.05) is 12.1 Å². The molecule has 2 amide bonds. The summed E-state index contributed by atoms with van der Waals surface area (Å²) in [6.07, 6.45) is 0.0624. The van der Waals surface area contributed by atoms with Crippen LogP contribution in [0, 0.1) is 27.7 Å². The van der Waals surface area contributed by atoms with Gasteiger partial charge < -0.3 is 29.7 Å². The van der Waals surface area contributed by atoms with E-state index in [1.54, 1.807) is 12.1 Å². The molecule has 10 heteroatoms. The molecular weight excluding hydrogens is 504 g/mol. The number of hydrogen-bond donors (Lipinski definition) is 4. The van der Waals surface area contributed by atoms with E-state index >= 15 is 0 Å². The quantitative estimate of drug-likeness (QED) is 0.238. The summed E-state index contributed by atoms with van der Waals surface area (Å²) in [4.78, 5) is 49.3. The van der Waals surface area contributed by atoms with Gasteiger partial charge >= 0.3 is 11.6 Å². The van der Waals surface area contributed by atoms with Crippen LogP contribution in [0.1, 0.15) is 40.0 Å². The lowest BCUT2D eigenvalue weighted by Gasteiger charge is -2.18. The molecule has 0 aliphatic carbocycles. The van der Waals surface area contributed by atoms with E-state index in [4.69, 9.17) is 13.9 Å². The molecule has 0 aliphatic rings. The first-order valence-corrected chi connectivity index (χ1v) is 12.5. The maximum absolute atomic E-state index is 12.9. The summed E-state index contributed by atoms with van der Waals surface area (Å²) in [5, 5.41) is 25.0. The smallest absolute Gasteiger partial charge is 0.339 e. The van der Waals surface area contributed by atoms with Gasteiger partial charge in [-0.2, -0.15) is 0 Å². The number of carbonyl (C=O) groups is 3. The zero-order chi connectivity index (χ0) is 28.4. The highest BCUT2D eigenvalue weighted by Crippen LogP contribution is 2.34. The average molecular weight is 535 g/mol. The van der Waals surface area contributed by atoms with E-state index in [0.29, 0.717) is 27.9 Å². The Morgan fingerprint density at radius 2 is 1.56 bits per heavy atom. The lowest BCUT2D eigenvalue weighted by Crippen LogP contribution is -2.49. The van der Waals surface area contributed by atoms with Crippen molar-refractivity contribution in [3.8, 4) is 5.75 Å². The van der Waals surface area contributed by atoms with Gasteiger partial charge in [0.2, 0.25) is 11.8 Å². The van der Waals surface area contributed by atoms with Gasteiger partial charge in [-0.3, -0.25) is 14.4 Å². The summed E-state index contributed by atoms with van der Waals surface area (Å²) in [5.41, 5.74) is 4.02. The Hall–Kier alpha value is -4.60. The SMILES string of the molecule is Cc1oc2c(C)c3oc(=O)c(CCC(=O)N[C@@H](Cc4ccc(O)cc4)C(=O)NCC(=O)O)c(C)c3cc2c1C. The first kappa shape index (κ1) is 27.4. The van der Waals surface area contributed by atoms with Gasteiger partial charge in [0.15, 0.2) is 0 Å². The third kappa shape index (κ3) is 5.79. The van der Waals surface area contributed by atoms with Crippen molar-refractivity contribution in [1.29, 1.82) is 0 Å². The summed E-state index contributed by atoms with van der Waals surface area (Å²) in [6.45, 7) is 6.90. The van der Waals surface area contributed by atoms with Gasteiger partial charge in [0.25, 0.3) is 0 Å². The Bertz CT molecular complexity index is 1650. The fourth-order valence-electron chi connectivity index (χ4n) is 4.65. The highest BCUT2D eigenvalue weighted by molar-refractivity contribution is 6.00. The number of carboxylic acids is 1. The number of aliphatic carboxylic acids is 1. The molecular formula is C29H30N2O8. The Morgan fingerprint density at radius 1 is 0.923 bits per heavy atom. The van der Waals surface area contributed by atoms with Crippen molar-refractivity contribution in [3.63, 3.8) is 0 Å². The van der Waals surface area contributed by atoms with Gasteiger partial charge in [0.05, 0.1) is 0 Å². The minimum atomic E-state index is -1.22. The number of carbonyl (C=O) groups excluding carboxylic acids is 2. The van der Waals surface area contributed by atoms with Crippen LogP contribution in [0.2, 0.25) is 0 Å². The molecule has 0 radical (unpaired) electrons. The maximum atomic E-state index is 12.9. The van der Waals surface area contributed by atoms with Crippen LogP contribution in [0.3, 0.4) is 0 Å². The van der Waals surface area contributed by atoms with Crippen LogP contribution in [0.15, 0.2) is 44.0 Å². The van der Waals surface area contributed by atoms with Crippen LogP contribution >= 0.6 is 0 Å². The minimum Gasteiger partial charge on any atom is -0.508 e. The lowest BCUT2D eigenvalue weighted by molar-refractivity contribution is -0.138. The molecule has 0 saturated heterocycles. The van der Waals surface area contributed by atoms with Crippen LogP contribution in [0.5, 0.6) is 5.75 Å². The largest absolute Gasteiger partial charge is 0.508 e. The zero-order valence-corrected chi connectivity index (χ0v) is 22.1. The fraction of sp³-hybridized carbons (Fsp3) is 0.310. The van der Waals surface area contributed by atoms with E-state index < -0.39 is 36.0 Å². The van der Waals surface area contributed by atoms with Crippen molar-refractivity contribution in [3.05, 3.63) is 74.3 Å². The van der Waals surface area contributed by atoms with Crippen molar-refractivity contribution < 1.29 is 33.4 Å². The summed E-state index contributed by atoms with van der Waals surface area (Å²) < 4.78 is 11.5. The molecule has 4 rings (SSSR count). The lowest BCUT2D eigenvalue weighted by atomic mass is 9.98. The molecule has 4 N–H and O–H groups in total. The van der Waals surface area contributed by atoms with E-state index in [-0.39, 0.29) is 25.0 Å². The van der Waals surface area contributed by atoms with Crippen molar-refractivity contribution in [1.82, 2.24) is 10.6 Å². The van der Waals surface area contributed by atoms with Crippen LogP contribution in [-0.2, 0) is 27.2 Å². The summed E-state index contributed by atoms with van der Waals surface area (Å²) in [6, 6.07) is 6.99. The van der Waals surface area contributed by atoms with Gasteiger partial charge in [-0.25, -0.2) is 4.79 Å². The first-order valence-electron chi connectivity index (χ1n) is 12.5. The number of nitrogens with one attached hydrogen (secondary N) is 2. The van der Waals surface area contributed by atoms with E-state index in [2.05, 4.69) is 10.6 Å². The molecule has 0 spiro atoms. The monoisotopic (exact) mass is 534 g/mol. The van der Waals surface area contributed by atoms with Crippen LogP contribution in [0.25, 0.3) is 21.9 Å². The Morgan fingerprint density at radius 3 is 2.23 bits per heavy atom. The van der Waals surface area contributed by atoms with E-state index in [1.165, 1.54) is 12.1 Å². The number of aryl methyl sites for hydroxylation is 4. The number of benzene rings is 2. The maximum Gasteiger partial charge on any atom is 0.339 e. The van der Waals surface area contributed by atoms with Gasteiger partial charge in [-0.05, 0) is 69.0 Å². The highest BCUT2D eigenvalue weighted by Gasteiger charge is 2.23. The number of fused-ring (bicyclic) bond motifs is 2. The first-order chi connectivity index (χ1) is 18.5. The predicted molar refractivity (Wildman–Crippen MR) is 144 cm³/mol. The average Bonchev–Trinajstić information content (AvgIpc) is 3.17. The number of amides is 2. The standard InChI is InChI=1S/C29H30N2O8/c1-14-17(4)38-26-16(3)27-22(12-21(14)26)15(2)20(29(37)39-27)9-10-24(33)31-23(28(36)30-13-25(34)35)11-18-5-7-19(32)8-6-18/h5-8,12,23,32H,9-11,13H2,1-4H3,(H,30,36)(H,31,33)(H,34,35)/t23-/m0/s1. The second kappa shape index (κ2) is 11.0. The molecule has 2 aromatic heterocycles. The van der Waals surface area contributed by atoms with E-state index in [9.17, 15) is 24.3 Å². The fourth-order valence-corrected chi connectivity index (χ4v) is 4.65. The number of hydrogen-bond acceptors (Lipinski definition) is 7. The van der Waals surface area contributed by atoms with E-state index in [1.807, 2.05) is 33.8 Å². The Kier molecular flexibility index (Phi) is 7.75. The summed E-state index contributed by atoms with van der Waals surface area (Å²) in [5.74, 6) is -1.53. The molecule has 1 atom stereocenters. The normalized spacial score (nSPS) is 12.0. The number of rotatable bonds is 9. The number of phenolic OH excluding ortho intramolecular Hbond substituents is 1. The topological polar surface area (TPSA) is 159 Å². The second-order valence-electron chi connectivity index (χ2n) is 9.63. The molecule has 2 aromatic carbocycles. The van der Waals surface area contributed by atoms with Gasteiger partial charge in [0.1, 0.15) is 35.3 Å². The number of furan rings is 1. The number of carboxylic acid groups (broad SMARTS) is 1. The van der Waals surface area contributed by atoms with Crippen molar-refractivity contribution >= 4 is 39.7 Å². The number of phenols is 1. The molecule has 39 heavy (non-hydrogen) atoms. The van der Waals surface area contributed by atoms with Crippen LogP contribution in [-0.4, -0.2) is 40.6 Å². The molecule has 0 aliphatic heterocycles. The third-order valence-corrected chi connectivity index (χ3v) is 6.99. The molecule has 0 saturated carbocycles. The molecule has 0 bridgehead atoms. The molecule has 2 heterocycles. The summed E-state index contributed by atoms with van der Waals surface area (Å²) >= 11 is 0. The molecule has 10 nitrogen and oxygen atoms in total. The Balaban J connectivity index is 1.55. The second-order valence-corrected chi connectivity index (χ2v) is 9.63. The Labute approximate surface area is 223 Å². The molecule has 0 fully saturated rings. The summed E-state index contributed by atoms with van der Waals surface area (Å²) in [7, 11) is 0. The van der Waals surface area contributed by atoms with Gasteiger partial charge in [-0.15, -0.1) is 0 Å². The van der Waals surface area contributed by atoms with Crippen molar-refractivity contribution in [2.24, 2.45) is 0 Å². The van der Waals surface area contributed by atoms with Crippen molar-refractivity contribution in [2.45, 2.75) is 53.0 Å². The van der Waals surface area contributed by atoms with Crippen LogP contribution in [0.4, 0.5) is 0 Å². The molecule has 0 unspecified atom stereocenters. The molecule has 4 aromatic rings. The number of aromatic hydroxyl groups is 1. The van der Waals surface area contributed by atoms with Crippen molar-refractivity contribution in [2.75, 3.05) is 6.54 Å². The highest BCUT2D eigenvalue weighted by atomic mass is 16.4. The predicted octanol–water partition coefficient (Wildman–Crippen LogP) is 3.34. The zero-order valence-electron chi connectivity index (χ0n) is 22.1. The van der Waals surface area contributed by atoms with Gasteiger partial charge in [0, 0.05) is 34.7 Å². The van der Waals surface area contributed by atoms with E-state index in [0.717, 1.165) is 27.7 Å². The van der Waals surface area contributed by atoms with Crippen LogP contribution < -0.4 is 16.3 Å². The minimum absolute atomic E-state index is 0.0493. The third-order valence-electron chi connectivity index (χ3n) is 6.99.